The van der Waals surface area contributed by atoms with Gasteiger partial charge in [0.25, 0.3) is 0 Å². The minimum Gasteiger partial charge on any atom is -0.429 e. The molecule has 1 rings (SSSR count). The lowest BCUT2D eigenvalue weighted by Crippen LogP contribution is -2.25. The van der Waals surface area contributed by atoms with Crippen LogP contribution in [0.2, 0.25) is 0 Å². The van der Waals surface area contributed by atoms with E-state index in [1.807, 2.05) is 0 Å². The molecule has 0 spiro atoms. The van der Waals surface area contributed by atoms with E-state index < -0.39 is 11.8 Å². The van der Waals surface area contributed by atoms with Gasteiger partial charge in [0.15, 0.2) is 5.60 Å². The standard InChI is InChI=1S/C7H8O3/c1-3-7(4-2)5-9-6(8)10-7/h3-4H,1-2,5H2. The summed E-state index contributed by atoms with van der Waals surface area (Å²) in [5.41, 5.74) is -0.795. The van der Waals surface area contributed by atoms with Gasteiger partial charge in [-0.2, -0.15) is 0 Å². The molecule has 1 fully saturated rings. The topological polar surface area (TPSA) is 35.5 Å². The molecule has 3 nitrogen and oxygen atoms in total. The Labute approximate surface area is 58.9 Å². The van der Waals surface area contributed by atoms with E-state index in [1.165, 1.54) is 12.2 Å². The summed E-state index contributed by atoms with van der Waals surface area (Å²) in [5.74, 6) is 0. The summed E-state index contributed by atoms with van der Waals surface area (Å²) < 4.78 is 9.30. The fourth-order valence-corrected chi connectivity index (χ4v) is 0.670. The summed E-state index contributed by atoms with van der Waals surface area (Å²) >= 11 is 0. The molecule has 0 aliphatic carbocycles. The van der Waals surface area contributed by atoms with Crippen LogP contribution in [0.1, 0.15) is 0 Å². The van der Waals surface area contributed by atoms with Crippen molar-refractivity contribution >= 4 is 6.16 Å². The molecule has 1 heterocycles. The molecular formula is C7H8O3. The monoisotopic (exact) mass is 140 g/mol. The van der Waals surface area contributed by atoms with Gasteiger partial charge in [-0.3, -0.25) is 0 Å². The molecule has 0 saturated carbocycles. The van der Waals surface area contributed by atoms with Crippen molar-refractivity contribution < 1.29 is 14.3 Å². The zero-order valence-corrected chi connectivity index (χ0v) is 5.50. The van der Waals surface area contributed by atoms with E-state index in [1.54, 1.807) is 0 Å². The molecule has 0 atom stereocenters. The van der Waals surface area contributed by atoms with E-state index in [4.69, 9.17) is 4.74 Å². The highest BCUT2D eigenvalue weighted by molar-refractivity contribution is 5.64. The minimum atomic E-state index is -0.795. The molecule has 0 N–H and O–H groups in total. The normalized spacial score (nSPS) is 21.0. The lowest BCUT2D eigenvalue weighted by atomic mass is 10.1. The number of rotatable bonds is 2. The Morgan fingerprint density at radius 1 is 1.50 bits per heavy atom. The lowest BCUT2D eigenvalue weighted by molar-refractivity contribution is 0.110. The van der Waals surface area contributed by atoms with Crippen LogP contribution < -0.4 is 0 Å². The molecule has 1 aliphatic heterocycles. The van der Waals surface area contributed by atoms with Crippen LogP contribution in [0, 0.1) is 0 Å². The molecule has 0 bridgehead atoms. The van der Waals surface area contributed by atoms with Crippen molar-refractivity contribution in [3.8, 4) is 0 Å². The smallest absolute Gasteiger partial charge is 0.429 e. The Balaban J connectivity index is 2.77. The third-order valence-electron chi connectivity index (χ3n) is 1.38. The van der Waals surface area contributed by atoms with Crippen molar-refractivity contribution in [3.63, 3.8) is 0 Å². The summed E-state index contributed by atoms with van der Waals surface area (Å²) in [7, 11) is 0. The van der Waals surface area contributed by atoms with Crippen LogP contribution in [0.4, 0.5) is 4.79 Å². The van der Waals surface area contributed by atoms with Crippen molar-refractivity contribution in [2.45, 2.75) is 5.60 Å². The zero-order chi connectivity index (χ0) is 7.61. The Morgan fingerprint density at radius 3 is 2.30 bits per heavy atom. The number of ether oxygens (including phenoxy) is 2. The van der Waals surface area contributed by atoms with E-state index in [0.29, 0.717) is 0 Å². The fourth-order valence-electron chi connectivity index (χ4n) is 0.670. The number of hydrogen-bond acceptors (Lipinski definition) is 3. The predicted octanol–water partition coefficient (Wildman–Crippen LogP) is 1.26. The van der Waals surface area contributed by atoms with Gasteiger partial charge in [-0.15, -0.1) is 0 Å². The first-order chi connectivity index (χ1) is 4.72. The van der Waals surface area contributed by atoms with Crippen molar-refractivity contribution in [3.05, 3.63) is 25.3 Å². The summed E-state index contributed by atoms with van der Waals surface area (Å²) in [6, 6.07) is 0. The van der Waals surface area contributed by atoms with Crippen LogP contribution >= 0.6 is 0 Å². The Kier molecular flexibility index (Phi) is 1.49. The van der Waals surface area contributed by atoms with Gasteiger partial charge >= 0.3 is 6.16 Å². The first-order valence-corrected chi connectivity index (χ1v) is 2.85. The molecule has 0 aromatic heterocycles. The fraction of sp³-hybridized carbons (Fsp3) is 0.286. The number of carbonyl (C=O) groups is 1. The average molecular weight is 140 g/mol. The number of carbonyl (C=O) groups excluding carboxylic acids is 1. The molecule has 0 aromatic carbocycles. The van der Waals surface area contributed by atoms with Gasteiger partial charge in [-0.25, -0.2) is 4.79 Å². The van der Waals surface area contributed by atoms with Crippen molar-refractivity contribution in [1.29, 1.82) is 0 Å². The third-order valence-corrected chi connectivity index (χ3v) is 1.38. The van der Waals surface area contributed by atoms with Gasteiger partial charge in [-0.1, -0.05) is 13.2 Å². The van der Waals surface area contributed by atoms with Gasteiger partial charge in [0, 0.05) is 0 Å². The van der Waals surface area contributed by atoms with Gasteiger partial charge in [0.1, 0.15) is 6.61 Å². The maximum atomic E-state index is 10.4. The molecule has 0 aromatic rings. The average Bonchev–Trinajstić information content (AvgIpc) is 2.33. The second-order valence-corrected chi connectivity index (χ2v) is 2.00. The van der Waals surface area contributed by atoms with E-state index in [0.717, 1.165) is 0 Å². The maximum absolute atomic E-state index is 10.4. The highest BCUT2D eigenvalue weighted by Crippen LogP contribution is 2.21. The quantitative estimate of drug-likeness (QED) is 0.428. The number of hydrogen-bond donors (Lipinski definition) is 0. The van der Waals surface area contributed by atoms with Crippen molar-refractivity contribution in [2.24, 2.45) is 0 Å². The van der Waals surface area contributed by atoms with Crippen LogP contribution in [0.25, 0.3) is 0 Å². The Bertz CT molecular complexity index is 175. The zero-order valence-electron chi connectivity index (χ0n) is 5.50. The first kappa shape index (κ1) is 6.86. The summed E-state index contributed by atoms with van der Waals surface area (Å²) in [6.45, 7) is 7.16. The molecule has 10 heavy (non-hydrogen) atoms. The molecular weight excluding hydrogens is 132 g/mol. The van der Waals surface area contributed by atoms with Crippen LogP contribution in [0.15, 0.2) is 25.3 Å². The molecule has 0 unspecified atom stereocenters. The van der Waals surface area contributed by atoms with Crippen LogP contribution in [-0.2, 0) is 9.47 Å². The van der Waals surface area contributed by atoms with Gasteiger partial charge < -0.3 is 9.47 Å². The van der Waals surface area contributed by atoms with Crippen LogP contribution in [0.3, 0.4) is 0 Å². The number of cyclic esters (lactones) is 2. The van der Waals surface area contributed by atoms with Crippen molar-refractivity contribution in [1.82, 2.24) is 0 Å². The summed E-state index contributed by atoms with van der Waals surface area (Å²) in [5, 5.41) is 0. The highest BCUT2D eigenvalue weighted by atomic mass is 16.8. The SMILES string of the molecule is C=CC1(C=C)COC(=O)O1. The van der Waals surface area contributed by atoms with Crippen molar-refractivity contribution in [2.75, 3.05) is 6.61 Å². The highest BCUT2D eigenvalue weighted by Gasteiger charge is 2.36. The van der Waals surface area contributed by atoms with E-state index in [-0.39, 0.29) is 6.61 Å². The van der Waals surface area contributed by atoms with Crippen LogP contribution in [0.5, 0.6) is 0 Å². The third kappa shape index (κ3) is 0.900. The molecule has 54 valence electrons. The van der Waals surface area contributed by atoms with E-state index >= 15 is 0 Å². The summed E-state index contributed by atoms with van der Waals surface area (Å²) in [6.07, 6.45) is 2.32. The van der Waals surface area contributed by atoms with E-state index in [2.05, 4.69) is 17.9 Å². The lowest BCUT2D eigenvalue weighted by Gasteiger charge is -2.13. The molecule has 0 radical (unpaired) electrons. The van der Waals surface area contributed by atoms with Gasteiger partial charge in [0.2, 0.25) is 0 Å². The minimum absolute atomic E-state index is 0.179. The largest absolute Gasteiger partial charge is 0.509 e. The summed E-state index contributed by atoms with van der Waals surface area (Å²) in [4.78, 5) is 10.4. The van der Waals surface area contributed by atoms with Gasteiger partial charge in [-0.05, 0) is 12.2 Å². The first-order valence-electron chi connectivity index (χ1n) is 2.85. The second kappa shape index (κ2) is 2.17. The predicted molar refractivity (Wildman–Crippen MR) is 35.6 cm³/mol. The molecule has 1 aliphatic rings. The molecule has 3 heteroatoms. The van der Waals surface area contributed by atoms with Gasteiger partial charge in [0.05, 0.1) is 0 Å². The second-order valence-electron chi connectivity index (χ2n) is 2.00. The maximum Gasteiger partial charge on any atom is 0.509 e. The Hall–Kier alpha value is -1.25. The van der Waals surface area contributed by atoms with E-state index in [9.17, 15) is 4.79 Å². The van der Waals surface area contributed by atoms with Crippen LogP contribution in [-0.4, -0.2) is 18.4 Å². The molecule has 0 amide bonds. The Morgan fingerprint density at radius 2 is 2.10 bits per heavy atom. The molecule has 1 saturated heterocycles.